The Balaban J connectivity index is 1.57. The van der Waals surface area contributed by atoms with Gasteiger partial charge in [0.2, 0.25) is 5.91 Å². The standard InChI is InChI=1S/C25H34N2O4S/c1-15-27-23-18(11-22(30)26-13-16-5-7-17(31-4)8-6-16)24(2)10-9-21(29)25(3,14-28)20(24)12-19(23)32-15/h5-8,18,20-21,28-29H,9-14H2,1-4H3,(H,26,30). The van der Waals surface area contributed by atoms with Crippen LogP contribution in [0.25, 0.3) is 0 Å². The Morgan fingerprint density at radius 3 is 2.69 bits per heavy atom. The number of methoxy groups -OCH3 is 1. The minimum absolute atomic E-state index is 0.00104. The predicted molar refractivity (Wildman–Crippen MR) is 125 cm³/mol. The first kappa shape index (κ1) is 23.2. The third-order valence-electron chi connectivity index (χ3n) is 8.04. The summed E-state index contributed by atoms with van der Waals surface area (Å²) in [6.07, 6.45) is 2.07. The van der Waals surface area contributed by atoms with Gasteiger partial charge in [0.15, 0.2) is 0 Å². The first-order valence-electron chi connectivity index (χ1n) is 11.4. The molecule has 6 nitrogen and oxygen atoms in total. The third kappa shape index (κ3) is 3.95. The summed E-state index contributed by atoms with van der Waals surface area (Å²) in [5.41, 5.74) is 1.27. The van der Waals surface area contributed by atoms with Crippen LogP contribution in [0.1, 0.15) is 60.2 Å². The number of hydrogen-bond donors (Lipinski definition) is 3. The monoisotopic (exact) mass is 458 g/mol. The Kier molecular flexibility index (Phi) is 6.36. The lowest BCUT2D eigenvalue weighted by atomic mass is 9.47. The van der Waals surface area contributed by atoms with Crippen molar-refractivity contribution in [3.63, 3.8) is 0 Å². The fourth-order valence-electron chi connectivity index (χ4n) is 5.97. The van der Waals surface area contributed by atoms with Crippen molar-refractivity contribution in [2.75, 3.05) is 13.7 Å². The minimum atomic E-state index is -0.583. The summed E-state index contributed by atoms with van der Waals surface area (Å²) in [5.74, 6) is 0.853. The van der Waals surface area contributed by atoms with Crippen LogP contribution in [-0.2, 0) is 17.8 Å². The molecule has 2 aromatic rings. The van der Waals surface area contributed by atoms with E-state index >= 15 is 0 Å². The van der Waals surface area contributed by atoms with Crippen LogP contribution < -0.4 is 10.1 Å². The molecule has 5 atom stereocenters. The lowest BCUT2D eigenvalue weighted by Crippen LogP contribution is -2.57. The molecule has 4 rings (SSSR count). The molecule has 1 aromatic heterocycles. The molecule has 5 unspecified atom stereocenters. The highest BCUT2D eigenvalue weighted by atomic mass is 32.1. The Hall–Kier alpha value is -1.96. The van der Waals surface area contributed by atoms with Crippen molar-refractivity contribution in [3.05, 3.63) is 45.4 Å². The molecule has 0 bridgehead atoms. The van der Waals surface area contributed by atoms with Gasteiger partial charge in [-0.1, -0.05) is 26.0 Å². The zero-order valence-corrected chi connectivity index (χ0v) is 20.2. The van der Waals surface area contributed by atoms with Crippen molar-refractivity contribution in [1.82, 2.24) is 10.3 Å². The van der Waals surface area contributed by atoms with Gasteiger partial charge in [-0.25, -0.2) is 4.98 Å². The van der Waals surface area contributed by atoms with Crippen molar-refractivity contribution in [2.24, 2.45) is 16.7 Å². The van der Waals surface area contributed by atoms with Crippen LogP contribution in [0.3, 0.4) is 0 Å². The number of hydrogen-bond acceptors (Lipinski definition) is 6. The number of aliphatic hydroxyl groups excluding tert-OH is 2. The van der Waals surface area contributed by atoms with Crippen LogP contribution in [0, 0.1) is 23.7 Å². The molecular formula is C25H34N2O4S. The number of nitrogens with one attached hydrogen (secondary N) is 1. The van der Waals surface area contributed by atoms with Crippen LogP contribution >= 0.6 is 11.3 Å². The summed E-state index contributed by atoms with van der Waals surface area (Å²) < 4.78 is 5.20. The zero-order chi connectivity index (χ0) is 23.1. The molecule has 1 aromatic carbocycles. The van der Waals surface area contributed by atoms with E-state index in [1.807, 2.05) is 38.1 Å². The number of nitrogens with zero attached hydrogens (tertiary/aromatic N) is 1. The van der Waals surface area contributed by atoms with Gasteiger partial charge in [0.05, 0.1) is 30.5 Å². The van der Waals surface area contributed by atoms with E-state index in [0.29, 0.717) is 19.4 Å². The summed E-state index contributed by atoms with van der Waals surface area (Å²) >= 11 is 1.68. The van der Waals surface area contributed by atoms with Gasteiger partial charge in [0, 0.05) is 29.2 Å². The molecule has 0 spiro atoms. The van der Waals surface area contributed by atoms with E-state index in [-0.39, 0.29) is 29.8 Å². The fourth-order valence-corrected chi connectivity index (χ4v) is 7.01. The van der Waals surface area contributed by atoms with Gasteiger partial charge in [-0.2, -0.15) is 0 Å². The number of benzene rings is 1. The van der Waals surface area contributed by atoms with Crippen molar-refractivity contribution < 1.29 is 19.7 Å². The van der Waals surface area contributed by atoms with E-state index in [0.717, 1.165) is 34.9 Å². The first-order valence-corrected chi connectivity index (χ1v) is 12.2. The number of aliphatic hydroxyl groups is 2. The highest BCUT2D eigenvalue weighted by Crippen LogP contribution is 2.62. The number of carbonyl (C=O) groups is 1. The van der Waals surface area contributed by atoms with Crippen molar-refractivity contribution >= 4 is 17.2 Å². The maximum Gasteiger partial charge on any atom is 0.220 e. The summed E-state index contributed by atoms with van der Waals surface area (Å²) in [4.78, 5) is 19.1. The van der Waals surface area contributed by atoms with E-state index in [4.69, 9.17) is 9.72 Å². The second-order valence-electron chi connectivity index (χ2n) is 9.90. The summed E-state index contributed by atoms with van der Waals surface area (Å²) in [6, 6.07) is 7.69. The number of thiazole rings is 1. The Morgan fingerprint density at radius 1 is 1.31 bits per heavy atom. The predicted octanol–water partition coefficient (Wildman–Crippen LogP) is 3.58. The zero-order valence-electron chi connectivity index (χ0n) is 19.4. The lowest BCUT2D eigenvalue weighted by molar-refractivity contribution is -0.144. The van der Waals surface area contributed by atoms with E-state index < -0.39 is 11.5 Å². The van der Waals surface area contributed by atoms with Gasteiger partial charge in [-0.05, 0) is 55.2 Å². The Morgan fingerprint density at radius 2 is 2.03 bits per heavy atom. The van der Waals surface area contributed by atoms with Crippen LogP contribution in [0.15, 0.2) is 24.3 Å². The number of rotatable bonds is 6. The molecule has 2 aliphatic carbocycles. The van der Waals surface area contributed by atoms with Crippen molar-refractivity contribution in [2.45, 2.75) is 65.0 Å². The van der Waals surface area contributed by atoms with E-state index in [2.05, 4.69) is 12.2 Å². The second kappa shape index (κ2) is 8.76. The molecule has 32 heavy (non-hydrogen) atoms. The Bertz CT molecular complexity index is 975. The molecule has 1 amide bonds. The molecule has 7 heteroatoms. The molecule has 2 aliphatic rings. The van der Waals surface area contributed by atoms with E-state index in [1.54, 1.807) is 18.4 Å². The number of ether oxygens (including phenoxy) is 1. The number of carbonyl (C=O) groups excluding carboxylic acids is 1. The highest BCUT2D eigenvalue weighted by Gasteiger charge is 2.59. The maximum absolute atomic E-state index is 13.1. The number of fused-ring (bicyclic) bond motifs is 2. The Labute approximate surface area is 194 Å². The fraction of sp³-hybridized carbons (Fsp3) is 0.600. The average Bonchev–Trinajstić information content (AvgIpc) is 3.16. The molecule has 0 aliphatic heterocycles. The van der Waals surface area contributed by atoms with Gasteiger partial charge < -0.3 is 20.3 Å². The van der Waals surface area contributed by atoms with Gasteiger partial charge in [0.25, 0.3) is 0 Å². The molecule has 3 N–H and O–H groups in total. The second-order valence-corrected chi connectivity index (χ2v) is 11.2. The SMILES string of the molecule is COc1ccc(CNC(=O)CC2c3nc(C)sc3CC3C(C)(CO)C(O)CCC23C)cc1. The first-order chi connectivity index (χ1) is 15.2. The smallest absolute Gasteiger partial charge is 0.220 e. The topological polar surface area (TPSA) is 91.7 Å². The highest BCUT2D eigenvalue weighted by molar-refractivity contribution is 7.11. The molecule has 0 saturated heterocycles. The van der Waals surface area contributed by atoms with Gasteiger partial charge >= 0.3 is 0 Å². The quantitative estimate of drug-likeness (QED) is 0.615. The van der Waals surface area contributed by atoms with Crippen molar-refractivity contribution in [3.8, 4) is 5.75 Å². The molecule has 1 fully saturated rings. The van der Waals surface area contributed by atoms with Crippen LogP contribution in [0.2, 0.25) is 0 Å². The largest absolute Gasteiger partial charge is 0.497 e. The van der Waals surface area contributed by atoms with Gasteiger partial charge in [-0.3, -0.25) is 4.79 Å². The summed E-state index contributed by atoms with van der Waals surface area (Å²) in [7, 11) is 1.63. The normalized spacial score (nSPS) is 31.5. The summed E-state index contributed by atoms with van der Waals surface area (Å²) in [5, 5.41) is 25.2. The molecule has 174 valence electrons. The maximum atomic E-state index is 13.1. The summed E-state index contributed by atoms with van der Waals surface area (Å²) in [6.45, 7) is 6.65. The van der Waals surface area contributed by atoms with Gasteiger partial charge in [-0.15, -0.1) is 11.3 Å². The number of amides is 1. The van der Waals surface area contributed by atoms with Crippen molar-refractivity contribution in [1.29, 1.82) is 0 Å². The van der Waals surface area contributed by atoms with Crippen LogP contribution in [-0.4, -0.2) is 40.9 Å². The van der Waals surface area contributed by atoms with E-state index in [1.165, 1.54) is 4.88 Å². The lowest BCUT2D eigenvalue weighted by Gasteiger charge is -2.58. The van der Waals surface area contributed by atoms with E-state index in [9.17, 15) is 15.0 Å². The minimum Gasteiger partial charge on any atom is -0.497 e. The van der Waals surface area contributed by atoms with Gasteiger partial charge in [0.1, 0.15) is 5.75 Å². The molecule has 1 heterocycles. The van der Waals surface area contributed by atoms with Crippen LogP contribution in [0.5, 0.6) is 5.75 Å². The van der Waals surface area contributed by atoms with Crippen LogP contribution in [0.4, 0.5) is 0 Å². The molecular weight excluding hydrogens is 424 g/mol. The number of aryl methyl sites for hydroxylation is 1. The molecule has 0 radical (unpaired) electrons. The number of aromatic nitrogens is 1. The molecule has 1 saturated carbocycles. The third-order valence-corrected chi connectivity index (χ3v) is 9.05. The average molecular weight is 459 g/mol.